The number of alkyl halides is 3. The van der Waals surface area contributed by atoms with E-state index in [-0.39, 0.29) is 10.4 Å². The van der Waals surface area contributed by atoms with Crippen molar-refractivity contribution in [3.8, 4) is 22.8 Å². The van der Waals surface area contributed by atoms with Gasteiger partial charge in [0.25, 0.3) is 5.89 Å². The largest absolute Gasteiger partial charge is 0.416 e. The number of halogens is 4. The van der Waals surface area contributed by atoms with Crippen LogP contribution in [0.2, 0.25) is 0 Å². The van der Waals surface area contributed by atoms with Gasteiger partial charge in [0.15, 0.2) is 0 Å². The average Bonchev–Trinajstić information content (AvgIpc) is 3.36. The SMILES string of the molecule is FC(F)(F)c1ccc(-c2nc(-c3ccc4[nH]c5c(c4c3)CC[CH]5)no2)c(Br)c1. The molecule has 8 heteroatoms. The quantitative estimate of drug-likeness (QED) is 0.400. The number of rotatable bonds is 2. The summed E-state index contributed by atoms with van der Waals surface area (Å²) in [6.45, 7) is 0. The standard InChI is InChI=1S/C20H12BrF3N3O/c21-15-9-11(20(22,23)24)5-6-13(15)19-26-18(27-28-19)10-4-7-17-14(8-10)12-2-1-3-16(12)25-17/h3-9,25H,1-2H2. The monoisotopic (exact) mass is 446 g/mol. The normalized spacial score (nSPS) is 14.0. The Morgan fingerprint density at radius 2 is 1.96 bits per heavy atom. The maximum atomic E-state index is 12.8. The molecule has 0 saturated carbocycles. The molecule has 1 aliphatic carbocycles. The van der Waals surface area contributed by atoms with E-state index in [9.17, 15) is 13.2 Å². The Morgan fingerprint density at radius 1 is 1.11 bits per heavy atom. The van der Waals surface area contributed by atoms with Crippen LogP contribution >= 0.6 is 15.9 Å². The van der Waals surface area contributed by atoms with E-state index in [1.165, 1.54) is 11.6 Å². The van der Waals surface area contributed by atoms with E-state index in [0.717, 1.165) is 47.1 Å². The lowest BCUT2D eigenvalue weighted by molar-refractivity contribution is -0.137. The molecule has 0 spiro atoms. The summed E-state index contributed by atoms with van der Waals surface area (Å²) >= 11 is 3.17. The number of H-pyrrole nitrogens is 1. The van der Waals surface area contributed by atoms with Gasteiger partial charge in [-0.1, -0.05) is 5.16 Å². The topological polar surface area (TPSA) is 54.7 Å². The molecule has 0 amide bonds. The van der Waals surface area contributed by atoms with E-state index in [0.29, 0.717) is 11.4 Å². The number of hydrogen-bond donors (Lipinski definition) is 1. The third-order valence-electron chi connectivity index (χ3n) is 4.89. The van der Waals surface area contributed by atoms with Gasteiger partial charge in [-0.05, 0) is 70.7 Å². The van der Waals surface area contributed by atoms with Gasteiger partial charge in [-0.2, -0.15) is 18.2 Å². The second-order valence-electron chi connectivity index (χ2n) is 6.64. The van der Waals surface area contributed by atoms with Crippen LogP contribution in [-0.2, 0) is 12.6 Å². The summed E-state index contributed by atoms with van der Waals surface area (Å²) in [6, 6.07) is 9.20. The van der Waals surface area contributed by atoms with Crippen LogP contribution in [0.3, 0.4) is 0 Å². The van der Waals surface area contributed by atoms with Crippen molar-refractivity contribution in [2.75, 3.05) is 0 Å². The molecular weight excluding hydrogens is 435 g/mol. The number of aromatic nitrogens is 3. The molecule has 0 unspecified atom stereocenters. The fourth-order valence-corrected chi connectivity index (χ4v) is 4.08. The Balaban J connectivity index is 1.52. The van der Waals surface area contributed by atoms with E-state index >= 15 is 0 Å². The number of nitrogens with one attached hydrogen (secondary N) is 1. The number of aromatic amines is 1. The molecule has 28 heavy (non-hydrogen) atoms. The second kappa shape index (κ2) is 6.20. The molecule has 0 fully saturated rings. The third-order valence-corrected chi connectivity index (χ3v) is 5.55. The fraction of sp³-hybridized carbons (Fsp3) is 0.150. The molecule has 0 bridgehead atoms. The molecule has 0 aliphatic heterocycles. The summed E-state index contributed by atoms with van der Waals surface area (Å²) in [5, 5.41) is 5.14. The fourth-order valence-electron chi connectivity index (χ4n) is 3.53. The highest BCUT2D eigenvalue weighted by atomic mass is 79.9. The second-order valence-corrected chi connectivity index (χ2v) is 7.49. The van der Waals surface area contributed by atoms with Crippen LogP contribution in [-0.4, -0.2) is 15.1 Å². The first kappa shape index (κ1) is 17.5. The Kier molecular flexibility index (Phi) is 3.87. The molecule has 1 aliphatic rings. The number of nitrogens with zero attached hydrogens (tertiary/aromatic N) is 2. The number of aryl methyl sites for hydroxylation is 1. The van der Waals surface area contributed by atoms with E-state index in [1.807, 2.05) is 18.2 Å². The minimum absolute atomic E-state index is 0.156. The van der Waals surface area contributed by atoms with Gasteiger partial charge in [-0.3, -0.25) is 0 Å². The van der Waals surface area contributed by atoms with Crippen LogP contribution in [0.5, 0.6) is 0 Å². The van der Waals surface area contributed by atoms with Crippen LogP contribution in [0.1, 0.15) is 23.2 Å². The summed E-state index contributed by atoms with van der Waals surface area (Å²) in [6.07, 6.45) is -0.210. The zero-order chi connectivity index (χ0) is 19.5. The molecule has 5 rings (SSSR count). The molecule has 2 heterocycles. The van der Waals surface area contributed by atoms with Crippen molar-refractivity contribution in [3.05, 3.63) is 64.1 Å². The summed E-state index contributed by atoms with van der Waals surface area (Å²) < 4.78 is 44.1. The molecule has 141 valence electrons. The maximum Gasteiger partial charge on any atom is 0.416 e. The minimum Gasteiger partial charge on any atom is -0.358 e. The van der Waals surface area contributed by atoms with Gasteiger partial charge in [-0.15, -0.1) is 0 Å². The Morgan fingerprint density at radius 3 is 2.75 bits per heavy atom. The molecule has 0 saturated heterocycles. The van der Waals surface area contributed by atoms with Crippen LogP contribution in [0.4, 0.5) is 13.2 Å². The molecular formula is C20H12BrF3N3O. The highest BCUT2D eigenvalue weighted by Crippen LogP contribution is 2.37. The average molecular weight is 447 g/mol. The lowest BCUT2D eigenvalue weighted by Crippen LogP contribution is -2.04. The Labute approximate surface area is 165 Å². The number of benzene rings is 2. The van der Waals surface area contributed by atoms with Crippen molar-refractivity contribution in [1.82, 2.24) is 15.1 Å². The molecule has 2 aromatic heterocycles. The van der Waals surface area contributed by atoms with Crippen molar-refractivity contribution in [3.63, 3.8) is 0 Å². The van der Waals surface area contributed by atoms with Gasteiger partial charge in [0, 0.05) is 33.1 Å². The molecule has 1 N–H and O–H groups in total. The highest BCUT2D eigenvalue weighted by molar-refractivity contribution is 9.10. The van der Waals surface area contributed by atoms with Gasteiger partial charge in [0.2, 0.25) is 5.82 Å². The Bertz CT molecular complexity index is 1210. The van der Waals surface area contributed by atoms with Crippen LogP contribution in [0, 0.1) is 6.42 Å². The van der Waals surface area contributed by atoms with E-state index in [2.05, 4.69) is 37.5 Å². The van der Waals surface area contributed by atoms with Crippen LogP contribution in [0.15, 0.2) is 45.4 Å². The first-order valence-electron chi connectivity index (χ1n) is 8.59. The first-order valence-corrected chi connectivity index (χ1v) is 9.38. The molecule has 4 nitrogen and oxygen atoms in total. The zero-order valence-electron chi connectivity index (χ0n) is 14.3. The van der Waals surface area contributed by atoms with Gasteiger partial charge >= 0.3 is 6.18 Å². The molecule has 2 aromatic carbocycles. The Hall–Kier alpha value is -2.61. The number of fused-ring (bicyclic) bond motifs is 3. The molecule has 4 aromatic rings. The predicted octanol–water partition coefficient (Wildman–Crippen LogP) is 6.16. The van der Waals surface area contributed by atoms with Gasteiger partial charge in [0.1, 0.15) is 0 Å². The van der Waals surface area contributed by atoms with E-state index < -0.39 is 11.7 Å². The smallest absolute Gasteiger partial charge is 0.358 e. The summed E-state index contributed by atoms with van der Waals surface area (Å²) in [5.41, 5.74) is 3.95. The van der Waals surface area contributed by atoms with Crippen molar-refractivity contribution in [1.29, 1.82) is 0 Å². The van der Waals surface area contributed by atoms with Crippen LogP contribution < -0.4 is 0 Å². The highest BCUT2D eigenvalue weighted by Gasteiger charge is 2.31. The van der Waals surface area contributed by atoms with Gasteiger partial charge in [-0.25, -0.2) is 0 Å². The first-order chi connectivity index (χ1) is 13.4. The van der Waals surface area contributed by atoms with Crippen LogP contribution in [0.25, 0.3) is 33.7 Å². The van der Waals surface area contributed by atoms with E-state index in [1.54, 1.807) is 0 Å². The van der Waals surface area contributed by atoms with Crippen molar-refractivity contribution in [2.45, 2.75) is 19.0 Å². The van der Waals surface area contributed by atoms with Crippen molar-refractivity contribution < 1.29 is 17.7 Å². The van der Waals surface area contributed by atoms with E-state index in [4.69, 9.17) is 4.52 Å². The third kappa shape index (κ3) is 2.83. The van der Waals surface area contributed by atoms with Crippen molar-refractivity contribution >= 4 is 26.8 Å². The van der Waals surface area contributed by atoms with Gasteiger partial charge in [0.05, 0.1) is 11.1 Å². The predicted molar refractivity (Wildman–Crippen MR) is 101 cm³/mol. The zero-order valence-corrected chi connectivity index (χ0v) is 15.9. The lowest BCUT2D eigenvalue weighted by Gasteiger charge is -2.08. The molecule has 0 atom stereocenters. The van der Waals surface area contributed by atoms with Crippen molar-refractivity contribution in [2.24, 2.45) is 0 Å². The summed E-state index contributed by atoms with van der Waals surface area (Å²) in [7, 11) is 0. The summed E-state index contributed by atoms with van der Waals surface area (Å²) in [5.74, 6) is 0.545. The minimum atomic E-state index is -4.41. The number of hydrogen-bond acceptors (Lipinski definition) is 3. The molecule has 1 radical (unpaired) electrons. The van der Waals surface area contributed by atoms with Gasteiger partial charge < -0.3 is 9.51 Å². The summed E-state index contributed by atoms with van der Waals surface area (Å²) in [4.78, 5) is 7.77. The lowest BCUT2D eigenvalue weighted by atomic mass is 10.1. The maximum absolute atomic E-state index is 12.8.